The second-order valence-corrected chi connectivity index (χ2v) is 7.10. The molecule has 0 unspecified atom stereocenters. The molecule has 2 aromatic rings. The number of rotatable bonds is 4. The minimum atomic E-state index is 0.537. The van der Waals surface area contributed by atoms with Gasteiger partial charge in [-0.25, -0.2) is 4.98 Å². The van der Waals surface area contributed by atoms with Gasteiger partial charge in [-0.05, 0) is 49.6 Å². The van der Waals surface area contributed by atoms with E-state index >= 15 is 0 Å². The van der Waals surface area contributed by atoms with Crippen LogP contribution in [-0.4, -0.2) is 16.0 Å². The summed E-state index contributed by atoms with van der Waals surface area (Å²) in [5.41, 5.74) is 2.19. The average Bonchev–Trinajstić information content (AvgIpc) is 2.79. The molecule has 0 saturated heterocycles. The van der Waals surface area contributed by atoms with Gasteiger partial charge in [0, 0.05) is 22.4 Å². The zero-order chi connectivity index (χ0) is 16.1. The van der Waals surface area contributed by atoms with Crippen LogP contribution in [0.3, 0.4) is 0 Å². The minimum absolute atomic E-state index is 0.537. The molecule has 1 aliphatic carbocycles. The van der Waals surface area contributed by atoms with Crippen molar-refractivity contribution in [3.05, 3.63) is 40.5 Å². The zero-order valence-corrected chi connectivity index (χ0v) is 15.1. The van der Waals surface area contributed by atoms with Gasteiger partial charge in [0.15, 0.2) is 0 Å². The van der Waals surface area contributed by atoms with Crippen molar-refractivity contribution in [3.8, 4) is 0 Å². The van der Waals surface area contributed by atoms with Crippen molar-refractivity contribution in [2.75, 3.05) is 10.6 Å². The molecule has 0 amide bonds. The van der Waals surface area contributed by atoms with Crippen molar-refractivity contribution in [1.29, 1.82) is 0 Å². The lowest BCUT2D eigenvalue weighted by Gasteiger charge is -2.17. The Bertz CT molecular complexity index is 651. The standard InChI is InChI=1S/C18H23BrN4/c1-13-12-14(19)8-9-16(13)22-18-20-11-10-17(23-18)21-15-6-4-2-3-5-7-15/h8-12,15H,2-7H2,1H3,(H2,20,21,22,23). The average molecular weight is 375 g/mol. The third-order valence-corrected chi connectivity index (χ3v) is 4.79. The number of anilines is 3. The lowest BCUT2D eigenvalue weighted by molar-refractivity contribution is 0.617. The molecule has 4 nitrogen and oxygen atoms in total. The van der Waals surface area contributed by atoms with Crippen LogP contribution >= 0.6 is 15.9 Å². The summed E-state index contributed by atoms with van der Waals surface area (Å²) in [5, 5.41) is 6.88. The molecule has 0 radical (unpaired) electrons. The van der Waals surface area contributed by atoms with Crippen LogP contribution in [0.2, 0.25) is 0 Å². The van der Waals surface area contributed by atoms with E-state index in [9.17, 15) is 0 Å². The maximum absolute atomic E-state index is 4.61. The van der Waals surface area contributed by atoms with E-state index in [2.05, 4.69) is 49.5 Å². The molecule has 122 valence electrons. The minimum Gasteiger partial charge on any atom is -0.367 e. The molecular formula is C18H23BrN4. The number of hydrogen-bond donors (Lipinski definition) is 2. The summed E-state index contributed by atoms with van der Waals surface area (Å²) in [6, 6.07) is 8.62. The molecular weight excluding hydrogens is 352 g/mol. The highest BCUT2D eigenvalue weighted by Crippen LogP contribution is 2.24. The smallest absolute Gasteiger partial charge is 0.229 e. The first-order chi connectivity index (χ1) is 11.2. The summed E-state index contributed by atoms with van der Waals surface area (Å²) in [7, 11) is 0. The Labute approximate surface area is 146 Å². The van der Waals surface area contributed by atoms with E-state index in [4.69, 9.17) is 0 Å². The Kier molecular flexibility index (Phi) is 5.49. The van der Waals surface area contributed by atoms with Gasteiger partial charge in [-0.3, -0.25) is 0 Å². The number of nitrogens with one attached hydrogen (secondary N) is 2. The van der Waals surface area contributed by atoms with Crippen molar-refractivity contribution in [2.45, 2.75) is 51.5 Å². The highest BCUT2D eigenvalue weighted by molar-refractivity contribution is 9.10. The first-order valence-electron chi connectivity index (χ1n) is 8.33. The van der Waals surface area contributed by atoms with Crippen LogP contribution in [0.15, 0.2) is 34.9 Å². The number of aromatic nitrogens is 2. The van der Waals surface area contributed by atoms with Crippen molar-refractivity contribution in [3.63, 3.8) is 0 Å². The van der Waals surface area contributed by atoms with Crippen molar-refractivity contribution < 1.29 is 0 Å². The first-order valence-corrected chi connectivity index (χ1v) is 9.13. The summed E-state index contributed by atoms with van der Waals surface area (Å²) < 4.78 is 1.07. The molecule has 5 heteroatoms. The summed E-state index contributed by atoms with van der Waals surface area (Å²) in [6.45, 7) is 2.07. The molecule has 23 heavy (non-hydrogen) atoms. The van der Waals surface area contributed by atoms with Crippen molar-refractivity contribution in [2.24, 2.45) is 0 Å². The molecule has 1 fully saturated rings. The number of nitrogens with zero attached hydrogens (tertiary/aromatic N) is 2. The Hall–Kier alpha value is -1.62. The third-order valence-electron chi connectivity index (χ3n) is 4.30. The number of halogens is 1. The molecule has 1 aromatic heterocycles. The van der Waals surface area contributed by atoms with Gasteiger partial charge in [-0.2, -0.15) is 4.98 Å². The molecule has 0 aliphatic heterocycles. The van der Waals surface area contributed by atoms with Gasteiger partial charge in [-0.15, -0.1) is 0 Å². The quantitative estimate of drug-likeness (QED) is 0.700. The number of hydrogen-bond acceptors (Lipinski definition) is 4. The molecule has 0 atom stereocenters. The molecule has 0 bridgehead atoms. The van der Waals surface area contributed by atoms with Gasteiger partial charge in [0.2, 0.25) is 5.95 Å². The van der Waals surface area contributed by atoms with E-state index in [1.54, 1.807) is 0 Å². The fraction of sp³-hybridized carbons (Fsp3) is 0.444. The lowest BCUT2D eigenvalue weighted by atomic mass is 10.1. The summed E-state index contributed by atoms with van der Waals surface area (Å²) in [6.07, 6.45) is 9.62. The fourth-order valence-electron chi connectivity index (χ4n) is 3.02. The molecule has 1 saturated carbocycles. The summed E-state index contributed by atoms with van der Waals surface area (Å²) >= 11 is 3.49. The second kappa shape index (κ2) is 7.77. The molecule has 2 N–H and O–H groups in total. The topological polar surface area (TPSA) is 49.8 Å². The predicted molar refractivity (Wildman–Crippen MR) is 99.3 cm³/mol. The summed E-state index contributed by atoms with van der Waals surface area (Å²) in [4.78, 5) is 8.95. The first kappa shape index (κ1) is 16.2. The largest absolute Gasteiger partial charge is 0.367 e. The van der Waals surface area contributed by atoms with Crippen LogP contribution in [-0.2, 0) is 0 Å². The molecule has 1 heterocycles. The van der Waals surface area contributed by atoms with E-state index in [0.717, 1.165) is 21.5 Å². The normalized spacial score (nSPS) is 15.9. The third kappa shape index (κ3) is 4.67. The van der Waals surface area contributed by atoms with Gasteiger partial charge in [0.05, 0.1) is 0 Å². The fourth-order valence-corrected chi connectivity index (χ4v) is 3.50. The van der Waals surface area contributed by atoms with Crippen LogP contribution < -0.4 is 10.6 Å². The summed E-state index contributed by atoms with van der Waals surface area (Å²) in [5.74, 6) is 1.54. The van der Waals surface area contributed by atoms with Crippen LogP contribution in [0.25, 0.3) is 0 Å². The molecule has 0 spiro atoms. The lowest BCUT2D eigenvalue weighted by Crippen LogP contribution is -2.19. The van der Waals surface area contributed by atoms with Crippen LogP contribution in [0, 0.1) is 6.92 Å². The Morgan fingerprint density at radius 2 is 1.87 bits per heavy atom. The van der Waals surface area contributed by atoms with E-state index in [1.807, 2.05) is 24.4 Å². The Morgan fingerprint density at radius 3 is 2.61 bits per heavy atom. The Balaban J connectivity index is 1.69. The van der Waals surface area contributed by atoms with Crippen LogP contribution in [0.1, 0.15) is 44.1 Å². The molecule has 1 aromatic carbocycles. The van der Waals surface area contributed by atoms with Crippen molar-refractivity contribution in [1.82, 2.24) is 9.97 Å². The van der Waals surface area contributed by atoms with Crippen LogP contribution in [0.4, 0.5) is 17.5 Å². The highest BCUT2D eigenvalue weighted by atomic mass is 79.9. The van der Waals surface area contributed by atoms with Gasteiger partial charge in [-0.1, -0.05) is 41.6 Å². The van der Waals surface area contributed by atoms with Gasteiger partial charge >= 0.3 is 0 Å². The Morgan fingerprint density at radius 1 is 1.09 bits per heavy atom. The monoisotopic (exact) mass is 374 g/mol. The van der Waals surface area contributed by atoms with Crippen molar-refractivity contribution >= 4 is 33.4 Å². The van der Waals surface area contributed by atoms with E-state index in [0.29, 0.717) is 12.0 Å². The molecule has 3 rings (SSSR count). The van der Waals surface area contributed by atoms with Crippen LogP contribution in [0.5, 0.6) is 0 Å². The maximum Gasteiger partial charge on any atom is 0.229 e. The predicted octanol–water partition coefficient (Wildman–Crippen LogP) is 5.43. The maximum atomic E-state index is 4.61. The SMILES string of the molecule is Cc1cc(Br)ccc1Nc1nccc(NC2CCCCCC2)n1. The zero-order valence-electron chi connectivity index (χ0n) is 13.5. The van der Waals surface area contributed by atoms with E-state index in [-0.39, 0.29) is 0 Å². The van der Waals surface area contributed by atoms with E-state index < -0.39 is 0 Å². The van der Waals surface area contributed by atoms with Gasteiger partial charge < -0.3 is 10.6 Å². The van der Waals surface area contributed by atoms with Gasteiger partial charge in [0.1, 0.15) is 5.82 Å². The van der Waals surface area contributed by atoms with Gasteiger partial charge in [0.25, 0.3) is 0 Å². The number of benzene rings is 1. The number of aryl methyl sites for hydroxylation is 1. The highest BCUT2D eigenvalue weighted by Gasteiger charge is 2.12. The molecule has 1 aliphatic rings. The van der Waals surface area contributed by atoms with E-state index in [1.165, 1.54) is 38.5 Å². The second-order valence-electron chi connectivity index (χ2n) is 6.18.